The normalized spacial score (nSPS) is 37.3. The lowest BCUT2D eigenvalue weighted by atomic mass is 9.60. The lowest BCUT2D eigenvalue weighted by molar-refractivity contribution is -0.190. The number of rotatable bonds is 2. The van der Waals surface area contributed by atoms with E-state index in [9.17, 15) is 0 Å². The summed E-state index contributed by atoms with van der Waals surface area (Å²) in [6, 6.07) is 0.631. The maximum Gasteiger partial charge on any atom is 0.0887 e. The van der Waals surface area contributed by atoms with Crippen molar-refractivity contribution >= 4 is 0 Å². The van der Waals surface area contributed by atoms with Gasteiger partial charge in [-0.1, -0.05) is 20.3 Å². The van der Waals surface area contributed by atoms with Crippen molar-refractivity contribution in [2.24, 2.45) is 11.3 Å². The summed E-state index contributed by atoms with van der Waals surface area (Å²) in [6.07, 6.45) is 6.67. The Morgan fingerprint density at radius 3 is 2.44 bits per heavy atom. The van der Waals surface area contributed by atoms with E-state index in [0.29, 0.717) is 17.4 Å². The van der Waals surface area contributed by atoms with Gasteiger partial charge in [-0.15, -0.1) is 0 Å². The van der Waals surface area contributed by atoms with Gasteiger partial charge in [0.15, 0.2) is 0 Å². The lowest BCUT2D eigenvalue weighted by Gasteiger charge is -2.47. The molecule has 2 aliphatic rings. The Balaban J connectivity index is 2.32. The Morgan fingerprint density at radius 1 is 1.25 bits per heavy atom. The van der Waals surface area contributed by atoms with E-state index < -0.39 is 0 Å². The molecule has 2 unspecified atom stereocenters. The highest BCUT2D eigenvalue weighted by Crippen LogP contribution is 2.54. The number of fused-ring (bicyclic) bond motifs is 1. The molecule has 16 heavy (non-hydrogen) atoms. The first-order chi connectivity index (χ1) is 7.47. The summed E-state index contributed by atoms with van der Waals surface area (Å²) in [4.78, 5) is 6.09. The van der Waals surface area contributed by atoms with Gasteiger partial charge >= 0.3 is 0 Å². The summed E-state index contributed by atoms with van der Waals surface area (Å²) >= 11 is 0. The summed E-state index contributed by atoms with van der Waals surface area (Å²) in [6.45, 7) is 9.22. The quantitative estimate of drug-likeness (QED) is 0.711. The molecule has 0 amide bonds. The van der Waals surface area contributed by atoms with Crippen molar-refractivity contribution in [2.45, 2.75) is 71.4 Å². The highest BCUT2D eigenvalue weighted by molar-refractivity contribution is 5.04. The van der Waals surface area contributed by atoms with Crippen molar-refractivity contribution in [3.8, 4) is 0 Å². The third-order valence-electron chi connectivity index (χ3n) is 5.27. The van der Waals surface area contributed by atoms with Crippen LogP contribution in [0.25, 0.3) is 0 Å². The third kappa shape index (κ3) is 1.62. The predicted molar refractivity (Wildman–Crippen MR) is 67.1 cm³/mol. The highest BCUT2D eigenvalue weighted by Gasteiger charge is 2.56. The minimum Gasteiger partial charge on any atom is -0.293 e. The highest BCUT2D eigenvalue weighted by atomic mass is 16.7. The van der Waals surface area contributed by atoms with Gasteiger partial charge in [0.05, 0.1) is 5.60 Å². The van der Waals surface area contributed by atoms with Crippen LogP contribution in [0.5, 0.6) is 0 Å². The Kier molecular flexibility index (Phi) is 3.09. The number of hydrogen-bond acceptors (Lipinski definition) is 2. The molecule has 1 heterocycles. The first-order valence-corrected chi connectivity index (χ1v) is 6.89. The Bertz CT molecular complexity index is 257. The van der Waals surface area contributed by atoms with Crippen LogP contribution in [0.15, 0.2) is 0 Å². The largest absolute Gasteiger partial charge is 0.293 e. The van der Waals surface area contributed by atoms with Crippen LogP contribution in [0.4, 0.5) is 0 Å². The SMILES string of the molecule is CCC1(CC)CCCC2C1N(C)OC2(C)C. The molecule has 0 aromatic carbocycles. The lowest BCUT2D eigenvalue weighted by Crippen LogP contribution is -2.49. The van der Waals surface area contributed by atoms with E-state index >= 15 is 0 Å². The van der Waals surface area contributed by atoms with Crippen molar-refractivity contribution in [3.05, 3.63) is 0 Å². The molecule has 0 aromatic heterocycles. The van der Waals surface area contributed by atoms with E-state index in [1.165, 1.54) is 32.1 Å². The Labute approximate surface area is 100 Å². The van der Waals surface area contributed by atoms with E-state index in [1.54, 1.807) is 0 Å². The van der Waals surface area contributed by atoms with Crippen LogP contribution < -0.4 is 0 Å². The Morgan fingerprint density at radius 2 is 1.88 bits per heavy atom. The number of hydrogen-bond donors (Lipinski definition) is 0. The molecule has 2 fully saturated rings. The molecule has 0 spiro atoms. The summed E-state index contributed by atoms with van der Waals surface area (Å²) in [5, 5.41) is 2.18. The fourth-order valence-corrected chi connectivity index (χ4v) is 4.29. The van der Waals surface area contributed by atoms with Crippen LogP contribution in [-0.2, 0) is 4.84 Å². The average molecular weight is 225 g/mol. The maximum absolute atomic E-state index is 6.09. The molecule has 1 aliphatic carbocycles. The topological polar surface area (TPSA) is 12.5 Å². The fourth-order valence-electron chi connectivity index (χ4n) is 4.29. The van der Waals surface area contributed by atoms with Gasteiger partial charge in [-0.3, -0.25) is 4.84 Å². The van der Waals surface area contributed by atoms with Gasteiger partial charge in [-0.2, -0.15) is 5.06 Å². The van der Waals surface area contributed by atoms with Crippen LogP contribution in [-0.4, -0.2) is 23.8 Å². The minimum absolute atomic E-state index is 0.0371. The van der Waals surface area contributed by atoms with Gasteiger partial charge < -0.3 is 0 Å². The second-order valence-electron chi connectivity index (χ2n) is 6.25. The van der Waals surface area contributed by atoms with Crippen LogP contribution in [0.3, 0.4) is 0 Å². The minimum atomic E-state index is 0.0371. The summed E-state index contributed by atoms with van der Waals surface area (Å²) in [7, 11) is 2.14. The molecule has 0 radical (unpaired) electrons. The van der Waals surface area contributed by atoms with Crippen molar-refractivity contribution in [1.82, 2.24) is 5.06 Å². The second-order valence-corrected chi connectivity index (χ2v) is 6.25. The molecule has 2 heteroatoms. The van der Waals surface area contributed by atoms with Crippen molar-refractivity contribution in [3.63, 3.8) is 0 Å². The molecule has 0 bridgehead atoms. The van der Waals surface area contributed by atoms with Gasteiger partial charge in [0, 0.05) is 19.0 Å². The third-order valence-corrected chi connectivity index (χ3v) is 5.27. The molecular weight excluding hydrogens is 198 g/mol. The molecule has 1 saturated carbocycles. The van der Waals surface area contributed by atoms with E-state index in [2.05, 4.69) is 39.8 Å². The van der Waals surface area contributed by atoms with Gasteiger partial charge in [0.1, 0.15) is 0 Å². The van der Waals surface area contributed by atoms with Crippen LogP contribution >= 0.6 is 0 Å². The zero-order chi connectivity index (χ0) is 12.0. The molecule has 2 rings (SSSR count). The summed E-state index contributed by atoms with van der Waals surface area (Å²) in [5.41, 5.74) is 0.529. The smallest absolute Gasteiger partial charge is 0.0887 e. The molecule has 2 atom stereocenters. The molecule has 0 N–H and O–H groups in total. The van der Waals surface area contributed by atoms with E-state index in [-0.39, 0.29) is 5.60 Å². The van der Waals surface area contributed by atoms with Crippen molar-refractivity contribution in [1.29, 1.82) is 0 Å². The van der Waals surface area contributed by atoms with Gasteiger partial charge in [-0.05, 0) is 44.9 Å². The monoisotopic (exact) mass is 225 g/mol. The van der Waals surface area contributed by atoms with Crippen molar-refractivity contribution < 1.29 is 4.84 Å². The first-order valence-electron chi connectivity index (χ1n) is 6.89. The van der Waals surface area contributed by atoms with Crippen molar-refractivity contribution in [2.75, 3.05) is 7.05 Å². The van der Waals surface area contributed by atoms with Crippen LogP contribution in [0, 0.1) is 11.3 Å². The van der Waals surface area contributed by atoms with E-state index in [4.69, 9.17) is 4.84 Å². The molecule has 0 aromatic rings. The number of hydroxylamine groups is 2. The predicted octanol–water partition coefficient (Wildman–Crippen LogP) is 3.62. The van der Waals surface area contributed by atoms with Crippen LogP contribution in [0.1, 0.15) is 59.8 Å². The number of nitrogens with zero attached hydrogens (tertiary/aromatic N) is 1. The second kappa shape index (κ2) is 3.99. The summed E-state index contributed by atoms with van der Waals surface area (Å²) in [5.74, 6) is 0.714. The summed E-state index contributed by atoms with van der Waals surface area (Å²) < 4.78 is 0. The Hall–Kier alpha value is -0.0800. The first kappa shape index (κ1) is 12.4. The van der Waals surface area contributed by atoms with Gasteiger partial charge in [0.2, 0.25) is 0 Å². The maximum atomic E-state index is 6.09. The zero-order valence-electron chi connectivity index (χ0n) is 11.5. The molecule has 1 saturated heterocycles. The standard InChI is InChI=1S/C14H27NO/c1-6-14(7-2)10-8-9-11-12(14)15(5)16-13(11,3)4/h11-12H,6-10H2,1-5H3. The average Bonchev–Trinajstić information content (AvgIpc) is 2.50. The molecule has 1 aliphatic heterocycles. The molecular formula is C14H27NO. The molecule has 2 nitrogen and oxygen atoms in total. The van der Waals surface area contributed by atoms with E-state index in [0.717, 1.165) is 0 Å². The zero-order valence-corrected chi connectivity index (χ0v) is 11.5. The molecule has 94 valence electrons. The van der Waals surface area contributed by atoms with Gasteiger partial charge in [-0.25, -0.2) is 0 Å². The van der Waals surface area contributed by atoms with E-state index in [1.807, 2.05) is 0 Å². The fraction of sp³-hybridized carbons (Fsp3) is 1.00. The van der Waals surface area contributed by atoms with Gasteiger partial charge in [0.25, 0.3) is 0 Å². The van der Waals surface area contributed by atoms with Crippen LogP contribution in [0.2, 0.25) is 0 Å².